The fourth-order valence-corrected chi connectivity index (χ4v) is 5.94. The van der Waals surface area contributed by atoms with Crippen LogP contribution in [-0.2, 0) is 0 Å². The summed E-state index contributed by atoms with van der Waals surface area (Å²) in [7, 11) is 0. The molecule has 1 heteroatoms. The monoisotopic (exact) mass is 372 g/mol. The van der Waals surface area contributed by atoms with Crippen molar-refractivity contribution in [1.29, 1.82) is 0 Å². The van der Waals surface area contributed by atoms with Gasteiger partial charge in [-0.3, -0.25) is 0 Å². The standard InChI is InChI=1S/C22H28Se/c1-3-5-17-7-9-18(10-8-17)19-11-13-20(14-12-19)22-16-15-21(23-22)6-4-2/h4,6,11-18H,3,5,7-10H2,1-2H3/b6-4+. The summed E-state index contributed by atoms with van der Waals surface area (Å²) in [5.74, 6) is 1.80. The first kappa shape index (κ1) is 16.8. The number of rotatable bonds is 5. The zero-order valence-corrected chi connectivity index (χ0v) is 16.1. The van der Waals surface area contributed by atoms with Gasteiger partial charge in [0.25, 0.3) is 0 Å². The summed E-state index contributed by atoms with van der Waals surface area (Å²) in [5.41, 5.74) is 2.99. The van der Waals surface area contributed by atoms with Crippen LogP contribution in [0.3, 0.4) is 0 Å². The summed E-state index contributed by atoms with van der Waals surface area (Å²) in [4.78, 5) is 0. The third kappa shape index (κ3) is 4.28. The maximum atomic E-state index is 2.39. The van der Waals surface area contributed by atoms with Crippen molar-refractivity contribution in [3.63, 3.8) is 0 Å². The Bertz CT molecular complexity index is 624. The van der Waals surface area contributed by atoms with Crippen LogP contribution >= 0.6 is 0 Å². The van der Waals surface area contributed by atoms with E-state index in [1.165, 1.54) is 53.0 Å². The molecule has 1 aromatic heterocycles. The Labute approximate surface area is 147 Å². The Morgan fingerprint density at radius 1 is 1.00 bits per heavy atom. The molecule has 0 atom stereocenters. The van der Waals surface area contributed by atoms with Crippen molar-refractivity contribution in [3.8, 4) is 10.0 Å². The van der Waals surface area contributed by atoms with E-state index in [9.17, 15) is 0 Å². The molecule has 0 spiro atoms. The van der Waals surface area contributed by atoms with Crippen LogP contribution in [0.2, 0.25) is 0 Å². The molecule has 1 fully saturated rings. The van der Waals surface area contributed by atoms with Crippen molar-refractivity contribution in [2.75, 3.05) is 0 Å². The van der Waals surface area contributed by atoms with Gasteiger partial charge in [-0.2, -0.15) is 0 Å². The van der Waals surface area contributed by atoms with Crippen LogP contribution in [0.5, 0.6) is 0 Å². The molecular weight excluding hydrogens is 343 g/mol. The Hall–Kier alpha value is -1.04. The summed E-state index contributed by atoms with van der Waals surface area (Å²) in [6, 6.07) is 14.1. The van der Waals surface area contributed by atoms with Crippen LogP contribution < -0.4 is 0 Å². The van der Waals surface area contributed by atoms with Crippen molar-refractivity contribution >= 4 is 20.6 Å². The zero-order chi connectivity index (χ0) is 16.1. The van der Waals surface area contributed by atoms with Crippen LogP contribution in [0, 0.1) is 5.92 Å². The predicted octanol–water partition coefficient (Wildman–Crippen LogP) is 6.52. The third-order valence-corrected chi connectivity index (χ3v) is 7.47. The topological polar surface area (TPSA) is 0 Å². The normalized spacial score (nSPS) is 21.8. The average molecular weight is 371 g/mol. The Kier molecular flexibility index (Phi) is 5.97. The van der Waals surface area contributed by atoms with Gasteiger partial charge in [-0.15, -0.1) is 0 Å². The number of hydrogen-bond donors (Lipinski definition) is 0. The predicted molar refractivity (Wildman–Crippen MR) is 103 cm³/mol. The van der Waals surface area contributed by atoms with E-state index in [0.717, 1.165) is 11.8 Å². The molecule has 3 rings (SSSR count). The zero-order valence-electron chi connectivity index (χ0n) is 14.4. The molecule has 122 valence electrons. The molecule has 0 aliphatic heterocycles. The van der Waals surface area contributed by atoms with Crippen LogP contribution in [0.15, 0.2) is 42.5 Å². The van der Waals surface area contributed by atoms with Crippen molar-refractivity contribution in [1.82, 2.24) is 0 Å². The van der Waals surface area contributed by atoms with E-state index in [4.69, 9.17) is 0 Å². The molecule has 1 aliphatic carbocycles. The molecule has 0 radical (unpaired) electrons. The van der Waals surface area contributed by atoms with Crippen molar-refractivity contribution < 1.29 is 0 Å². The second-order valence-electron chi connectivity index (χ2n) is 6.83. The van der Waals surface area contributed by atoms with Crippen LogP contribution in [0.1, 0.15) is 68.3 Å². The van der Waals surface area contributed by atoms with E-state index < -0.39 is 0 Å². The van der Waals surface area contributed by atoms with Gasteiger partial charge in [-0.25, -0.2) is 0 Å². The molecule has 1 heterocycles. The molecule has 0 unspecified atom stereocenters. The van der Waals surface area contributed by atoms with E-state index in [2.05, 4.69) is 62.4 Å². The van der Waals surface area contributed by atoms with Crippen molar-refractivity contribution in [3.05, 3.63) is 52.5 Å². The molecule has 1 saturated carbocycles. The molecule has 0 bridgehead atoms. The van der Waals surface area contributed by atoms with Crippen LogP contribution in [0.25, 0.3) is 16.1 Å². The molecule has 0 nitrogen and oxygen atoms in total. The third-order valence-electron chi connectivity index (χ3n) is 5.17. The molecule has 0 N–H and O–H groups in total. The van der Waals surface area contributed by atoms with E-state index >= 15 is 0 Å². The summed E-state index contributed by atoms with van der Waals surface area (Å²) in [6.07, 6.45) is 12.8. The fourth-order valence-electron chi connectivity index (χ4n) is 3.87. The summed E-state index contributed by atoms with van der Waals surface area (Å²) in [6.45, 7) is 4.42. The van der Waals surface area contributed by atoms with Gasteiger partial charge in [0.05, 0.1) is 0 Å². The van der Waals surface area contributed by atoms with Gasteiger partial charge in [0.15, 0.2) is 0 Å². The number of hydrogen-bond acceptors (Lipinski definition) is 0. The minimum atomic E-state index is 0.478. The second-order valence-corrected chi connectivity index (χ2v) is 9.17. The van der Waals surface area contributed by atoms with Crippen molar-refractivity contribution in [2.45, 2.75) is 58.3 Å². The van der Waals surface area contributed by atoms with E-state index in [0.29, 0.717) is 14.5 Å². The van der Waals surface area contributed by atoms with E-state index in [1.807, 2.05) is 0 Å². The Morgan fingerprint density at radius 3 is 2.39 bits per heavy atom. The van der Waals surface area contributed by atoms with Gasteiger partial charge in [-0.1, -0.05) is 0 Å². The molecule has 0 saturated heterocycles. The molecular formula is C22H28Se. The van der Waals surface area contributed by atoms with Crippen LogP contribution in [0.4, 0.5) is 0 Å². The summed E-state index contributed by atoms with van der Waals surface area (Å²) in [5, 5.41) is 0. The number of benzene rings is 1. The number of allylic oxidation sites excluding steroid dienone is 1. The molecule has 1 aliphatic rings. The Balaban J connectivity index is 1.65. The quantitative estimate of drug-likeness (QED) is 0.525. The molecule has 23 heavy (non-hydrogen) atoms. The summed E-state index contributed by atoms with van der Waals surface area (Å²) < 4.78 is 3.00. The van der Waals surface area contributed by atoms with E-state index in [-0.39, 0.29) is 0 Å². The van der Waals surface area contributed by atoms with Gasteiger partial charge >= 0.3 is 147 Å². The van der Waals surface area contributed by atoms with Crippen molar-refractivity contribution in [2.24, 2.45) is 5.92 Å². The second kappa shape index (κ2) is 8.17. The molecule has 2 aromatic rings. The maximum absolute atomic E-state index is 2.39. The molecule has 1 aromatic carbocycles. The first-order valence-corrected chi connectivity index (χ1v) is 10.8. The summed E-state index contributed by atoms with van der Waals surface area (Å²) >= 11 is 0.478. The van der Waals surface area contributed by atoms with Gasteiger partial charge in [0.2, 0.25) is 0 Å². The van der Waals surface area contributed by atoms with Gasteiger partial charge in [0, 0.05) is 0 Å². The Morgan fingerprint density at radius 2 is 1.74 bits per heavy atom. The fraction of sp³-hybridized carbons (Fsp3) is 0.455. The first-order chi connectivity index (χ1) is 11.3. The van der Waals surface area contributed by atoms with Gasteiger partial charge < -0.3 is 0 Å². The van der Waals surface area contributed by atoms with E-state index in [1.54, 1.807) is 5.56 Å². The van der Waals surface area contributed by atoms with Gasteiger partial charge in [0.1, 0.15) is 0 Å². The molecule has 0 amide bonds. The average Bonchev–Trinajstić information content (AvgIpc) is 3.05. The SMILES string of the molecule is C/C=C/c1ccc(-c2ccc(C3CCC(CCC)CC3)cc2)[se]1. The first-order valence-electron chi connectivity index (χ1n) is 9.13. The minimum absolute atomic E-state index is 0.478. The van der Waals surface area contributed by atoms with Crippen LogP contribution in [-0.4, -0.2) is 14.5 Å². The van der Waals surface area contributed by atoms with Gasteiger partial charge in [-0.05, 0) is 0 Å².